The molecule has 0 aromatic rings. The highest BCUT2D eigenvalue weighted by Crippen LogP contribution is 1.89. The summed E-state index contributed by atoms with van der Waals surface area (Å²) in [5, 5.41) is 5.78. The van der Waals surface area contributed by atoms with Crippen molar-refractivity contribution >= 4 is 6.21 Å². The summed E-state index contributed by atoms with van der Waals surface area (Å²) < 4.78 is 5.06. The van der Waals surface area contributed by atoms with Gasteiger partial charge in [-0.05, 0) is 13.8 Å². The van der Waals surface area contributed by atoms with Crippen LogP contribution in [-0.2, 0) is 4.74 Å². The topological polar surface area (TPSA) is 24.8 Å². The van der Waals surface area contributed by atoms with E-state index in [1.807, 2.05) is 27.9 Å². The molecule has 0 spiro atoms. The number of allylic oxidation sites excluding steroid dienone is 1. The normalized spacial score (nSPS) is 12.2. The van der Waals surface area contributed by atoms with Crippen molar-refractivity contribution < 1.29 is 4.74 Å². The zero-order valence-electron chi connectivity index (χ0n) is 7.66. The molecule has 0 aliphatic heterocycles. The molecule has 0 saturated carbocycles. The van der Waals surface area contributed by atoms with E-state index in [4.69, 9.17) is 4.74 Å². The lowest BCUT2D eigenvalue weighted by atomic mass is 10.4. The average molecular weight is 156 g/mol. The second-order valence-corrected chi connectivity index (χ2v) is 2.41. The molecule has 0 unspecified atom stereocenters. The van der Waals surface area contributed by atoms with Crippen LogP contribution >= 0.6 is 0 Å². The maximum absolute atomic E-state index is 5.06. The molecular weight excluding hydrogens is 140 g/mol. The third kappa shape index (κ3) is 6.90. The Morgan fingerprint density at radius 2 is 2.18 bits per heavy atom. The minimum absolute atomic E-state index is 0.702. The first kappa shape index (κ1) is 10.0. The third-order valence-corrected chi connectivity index (χ3v) is 0.928. The number of hydrazone groups is 1. The smallest absolute Gasteiger partial charge is 0.0873 e. The highest BCUT2D eigenvalue weighted by Gasteiger charge is 1.82. The lowest BCUT2D eigenvalue weighted by Crippen LogP contribution is -2.01. The molecule has 3 nitrogen and oxygen atoms in total. The highest BCUT2D eigenvalue weighted by molar-refractivity contribution is 5.76. The number of hydrogen-bond acceptors (Lipinski definition) is 3. The summed E-state index contributed by atoms with van der Waals surface area (Å²) in [6.07, 6.45) is 3.46. The Hall–Kier alpha value is -0.990. The van der Waals surface area contributed by atoms with Gasteiger partial charge < -0.3 is 9.75 Å². The van der Waals surface area contributed by atoms with Crippen molar-refractivity contribution in [2.24, 2.45) is 5.10 Å². The van der Waals surface area contributed by atoms with E-state index in [2.05, 4.69) is 5.10 Å². The van der Waals surface area contributed by atoms with Gasteiger partial charge in [-0.15, -0.1) is 0 Å². The Balaban J connectivity index is 3.75. The Bertz CT molecular complexity index is 150. The fraction of sp³-hybridized carbons (Fsp3) is 0.625. The maximum Gasteiger partial charge on any atom is 0.0873 e. The minimum atomic E-state index is 0.702. The maximum atomic E-state index is 5.06. The first-order valence-corrected chi connectivity index (χ1v) is 3.66. The molecule has 0 aliphatic rings. The monoisotopic (exact) mass is 156 g/mol. The van der Waals surface area contributed by atoms with Gasteiger partial charge in [-0.1, -0.05) is 0 Å². The van der Waals surface area contributed by atoms with Gasteiger partial charge in [-0.3, -0.25) is 0 Å². The lowest BCUT2D eigenvalue weighted by molar-refractivity contribution is 0.267. The SMILES string of the molecule is CCOC=C(C)C=NN(C)C. The van der Waals surface area contributed by atoms with E-state index >= 15 is 0 Å². The van der Waals surface area contributed by atoms with Gasteiger partial charge in [0, 0.05) is 19.7 Å². The highest BCUT2D eigenvalue weighted by atomic mass is 16.5. The van der Waals surface area contributed by atoms with Crippen molar-refractivity contribution in [3.63, 3.8) is 0 Å². The predicted octanol–water partition coefficient (Wildman–Crippen LogP) is 1.47. The Kier molecular flexibility index (Phi) is 5.25. The molecule has 0 heterocycles. The van der Waals surface area contributed by atoms with Gasteiger partial charge in [-0.2, -0.15) is 5.10 Å². The molecule has 0 fully saturated rings. The van der Waals surface area contributed by atoms with Crippen LogP contribution in [0.25, 0.3) is 0 Å². The first-order chi connectivity index (χ1) is 5.16. The molecule has 11 heavy (non-hydrogen) atoms. The molecule has 0 atom stereocenters. The zero-order chi connectivity index (χ0) is 8.69. The van der Waals surface area contributed by atoms with Crippen LogP contribution in [0, 0.1) is 0 Å². The Morgan fingerprint density at radius 3 is 2.64 bits per heavy atom. The van der Waals surface area contributed by atoms with E-state index in [1.54, 1.807) is 17.5 Å². The molecule has 0 amide bonds. The van der Waals surface area contributed by atoms with Gasteiger partial charge in [0.15, 0.2) is 0 Å². The van der Waals surface area contributed by atoms with Gasteiger partial charge >= 0.3 is 0 Å². The lowest BCUT2D eigenvalue weighted by Gasteiger charge is -2.02. The quantitative estimate of drug-likeness (QED) is 0.350. The summed E-state index contributed by atoms with van der Waals surface area (Å²) in [5.74, 6) is 0. The number of rotatable bonds is 4. The van der Waals surface area contributed by atoms with E-state index in [0.29, 0.717) is 6.61 Å². The molecule has 0 aliphatic carbocycles. The van der Waals surface area contributed by atoms with Crippen molar-refractivity contribution in [3.8, 4) is 0 Å². The van der Waals surface area contributed by atoms with Gasteiger partial charge in [-0.25, -0.2) is 0 Å². The molecule has 3 heteroatoms. The standard InChI is InChI=1S/C8H16N2O/c1-5-11-7-8(2)6-9-10(3)4/h6-7H,5H2,1-4H3. The first-order valence-electron chi connectivity index (χ1n) is 3.66. The van der Waals surface area contributed by atoms with E-state index in [0.717, 1.165) is 5.57 Å². The van der Waals surface area contributed by atoms with Crippen molar-refractivity contribution in [3.05, 3.63) is 11.8 Å². The van der Waals surface area contributed by atoms with Crippen LogP contribution in [-0.4, -0.2) is 31.9 Å². The largest absolute Gasteiger partial charge is 0.501 e. The number of ether oxygens (including phenoxy) is 1. The van der Waals surface area contributed by atoms with E-state index < -0.39 is 0 Å². The molecule has 0 saturated heterocycles. The van der Waals surface area contributed by atoms with Gasteiger partial charge in [0.25, 0.3) is 0 Å². The van der Waals surface area contributed by atoms with Crippen molar-refractivity contribution in [2.75, 3.05) is 20.7 Å². The van der Waals surface area contributed by atoms with Gasteiger partial charge in [0.1, 0.15) is 0 Å². The molecule has 0 radical (unpaired) electrons. The second kappa shape index (κ2) is 5.77. The Morgan fingerprint density at radius 1 is 1.55 bits per heavy atom. The predicted molar refractivity (Wildman–Crippen MR) is 47.6 cm³/mol. The van der Waals surface area contributed by atoms with Crippen LogP contribution in [0.15, 0.2) is 16.9 Å². The van der Waals surface area contributed by atoms with Crippen LogP contribution in [0.3, 0.4) is 0 Å². The number of hydrogen-bond donors (Lipinski definition) is 0. The Labute approximate surface area is 68.3 Å². The summed E-state index contributed by atoms with van der Waals surface area (Å²) in [4.78, 5) is 0. The molecule has 0 N–H and O–H groups in total. The van der Waals surface area contributed by atoms with E-state index in [1.165, 1.54) is 0 Å². The van der Waals surface area contributed by atoms with Crippen LogP contribution in [0.5, 0.6) is 0 Å². The zero-order valence-corrected chi connectivity index (χ0v) is 7.66. The summed E-state index contributed by atoms with van der Waals surface area (Å²) >= 11 is 0. The number of nitrogens with zero attached hydrogens (tertiary/aromatic N) is 2. The van der Waals surface area contributed by atoms with Crippen LogP contribution in [0.4, 0.5) is 0 Å². The fourth-order valence-electron chi connectivity index (χ4n) is 0.452. The van der Waals surface area contributed by atoms with Crippen LogP contribution in [0.2, 0.25) is 0 Å². The third-order valence-electron chi connectivity index (χ3n) is 0.928. The van der Waals surface area contributed by atoms with Crippen LogP contribution in [0.1, 0.15) is 13.8 Å². The van der Waals surface area contributed by atoms with Crippen molar-refractivity contribution in [1.82, 2.24) is 5.01 Å². The molecule has 64 valence electrons. The second-order valence-electron chi connectivity index (χ2n) is 2.41. The molecule has 0 aromatic carbocycles. The van der Waals surface area contributed by atoms with Gasteiger partial charge in [0.05, 0.1) is 19.1 Å². The molecule has 0 aromatic heterocycles. The molecule has 0 rings (SSSR count). The summed E-state index contributed by atoms with van der Waals surface area (Å²) in [5.41, 5.74) is 1.01. The summed E-state index contributed by atoms with van der Waals surface area (Å²) in [6.45, 7) is 4.60. The molecule has 0 bridgehead atoms. The van der Waals surface area contributed by atoms with Crippen molar-refractivity contribution in [2.45, 2.75) is 13.8 Å². The molecular formula is C8H16N2O. The fourth-order valence-corrected chi connectivity index (χ4v) is 0.452. The van der Waals surface area contributed by atoms with Gasteiger partial charge in [0.2, 0.25) is 0 Å². The van der Waals surface area contributed by atoms with Crippen molar-refractivity contribution in [1.29, 1.82) is 0 Å². The summed E-state index contributed by atoms with van der Waals surface area (Å²) in [6, 6.07) is 0. The average Bonchev–Trinajstić information content (AvgIpc) is 1.97. The van der Waals surface area contributed by atoms with E-state index in [9.17, 15) is 0 Å². The summed E-state index contributed by atoms with van der Waals surface area (Å²) in [7, 11) is 3.76. The van der Waals surface area contributed by atoms with Crippen LogP contribution < -0.4 is 0 Å². The van der Waals surface area contributed by atoms with E-state index in [-0.39, 0.29) is 0 Å². The minimum Gasteiger partial charge on any atom is -0.501 e.